The predicted molar refractivity (Wildman–Crippen MR) is 75.4 cm³/mol. The Morgan fingerprint density at radius 2 is 2.11 bits per heavy atom. The van der Waals surface area contributed by atoms with Gasteiger partial charge in [0.25, 0.3) is 0 Å². The Labute approximate surface area is 119 Å². The van der Waals surface area contributed by atoms with Gasteiger partial charge in [-0.15, -0.1) is 0 Å². The number of rotatable bonds is 5. The lowest BCUT2D eigenvalue weighted by Crippen LogP contribution is -2.57. The fraction of sp³-hybridized carbons (Fsp3) is 0.929. The molecule has 3 fully saturated rings. The van der Waals surface area contributed by atoms with Crippen LogP contribution < -0.4 is 5.32 Å². The van der Waals surface area contributed by atoms with Crippen LogP contribution in [-0.4, -0.2) is 48.4 Å². The van der Waals surface area contributed by atoms with Crippen LogP contribution in [0, 0.1) is 0 Å². The van der Waals surface area contributed by atoms with E-state index in [1.807, 2.05) is 11.8 Å². The third-order valence-electron chi connectivity index (χ3n) is 4.33. The molecule has 1 heterocycles. The van der Waals surface area contributed by atoms with Gasteiger partial charge in [-0.3, -0.25) is 10.1 Å². The normalized spacial score (nSPS) is 35.7. The molecule has 1 aliphatic heterocycles. The van der Waals surface area contributed by atoms with Gasteiger partial charge in [-0.2, -0.15) is 11.8 Å². The summed E-state index contributed by atoms with van der Waals surface area (Å²) in [6.07, 6.45) is 6.57. The van der Waals surface area contributed by atoms with Crippen molar-refractivity contribution in [3.8, 4) is 0 Å². The minimum atomic E-state index is -0.420. The quantitative estimate of drug-likeness (QED) is 0.780. The van der Waals surface area contributed by atoms with Gasteiger partial charge in [-0.05, 0) is 38.5 Å². The lowest BCUT2D eigenvalue weighted by Gasteiger charge is -2.41. The summed E-state index contributed by atoms with van der Waals surface area (Å²) in [6, 6.07) is 0.537. The van der Waals surface area contributed by atoms with Gasteiger partial charge in [0.15, 0.2) is 0 Å². The monoisotopic (exact) mass is 285 g/mol. The molecule has 2 unspecified atom stereocenters. The Hall–Kier alpha value is -0.260. The van der Waals surface area contributed by atoms with Crippen LogP contribution >= 0.6 is 11.8 Å². The Balaban J connectivity index is 1.64. The highest BCUT2D eigenvalue weighted by Crippen LogP contribution is 2.40. The predicted octanol–water partition coefficient (Wildman–Crippen LogP) is 1.72. The van der Waals surface area contributed by atoms with Crippen LogP contribution in [0.3, 0.4) is 0 Å². The molecule has 0 spiro atoms. The van der Waals surface area contributed by atoms with Crippen LogP contribution in [-0.2, 0) is 14.3 Å². The minimum absolute atomic E-state index is 0.0606. The maximum absolute atomic E-state index is 12.2. The molecule has 0 amide bonds. The topological polar surface area (TPSA) is 47.6 Å². The van der Waals surface area contributed by atoms with E-state index in [0.717, 1.165) is 32.5 Å². The Kier molecular flexibility index (Phi) is 4.06. The maximum Gasteiger partial charge on any atom is 0.326 e. The molecule has 5 heteroatoms. The maximum atomic E-state index is 12.2. The molecule has 2 saturated carbocycles. The molecule has 1 saturated heterocycles. The zero-order valence-electron chi connectivity index (χ0n) is 11.5. The highest BCUT2D eigenvalue weighted by molar-refractivity contribution is 8.00. The summed E-state index contributed by atoms with van der Waals surface area (Å²) in [4.78, 5) is 12.2. The van der Waals surface area contributed by atoms with Gasteiger partial charge in [-0.1, -0.05) is 0 Å². The van der Waals surface area contributed by atoms with Crippen molar-refractivity contribution in [2.24, 2.45) is 0 Å². The second-order valence-corrected chi connectivity index (χ2v) is 7.61. The number of ether oxygens (including phenoxy) is 2. The number of hydrogen-bond acceptors (Lipinski definition) is 5. The van der Waals surface area contributed by atoms with Gasteiger partial charge < -0.3 is 9.47 Å². The second-order valence-electron chi connectivity index (χ2n) is 6.01. The summed E-state index contributed by atoms with van der Waals surface area (Å²) < 4.78 is 10.3. The van der Waals surface area contributed by atoms with Gasteiger partial charge in [0.05, 0.1) is 25.6 Å². The van der Waals surface area contributed by atoms with E-state index < -0.39 is 5.54 Å². The van der Waals surface area contributed by atoms with E-state index in [2.05, 4.69) is 5.32 Å². The van der Waals surface area contributed by atoms with Crippen molar-refractivity contribution in [3.05, 3.63) is 0 Å². The van der Waals surface area contributed by atoms with Crippen molar-refractivity contribution < 1.29 is 14.3 Å². The molecule has 19 heavy (non-hydrogen) atoms. The Morgan fingerprint density at radius 1 is 1.32 bits per heavy atom. The summed E-state index contributed by atoms with van der Waals surface area (Å²) in [5.74, 6) is -0.0606. The molecular weight excluding hydrogens is 262 g/mol. The van der Waals surface area contributed by atoms with E-state index in [0.29, 0.717) is 16.5 Å². The molecule has 2 aliphatic carbocycles. The van der Waals surface area contributed by atoms with Gasteiger partial charge in [0.1, 0.15) is 5.54 Å². The highest BCUT2D eigenvalue weighted by atomic mass is 32.2. The molecule has 4 nitrogen and oxygen atoms in total. The first-order valence-electron chi connectivity index (χ1n) is 7.31. The van der Waals surface area contributed by atoms with Crippen LogP contribution in [0.5, 0.6) is 0 Å². The van der Waals surface area contributed by atoms with Crippen LogP contribution in [0.4, 0.5) is 0 Å². The lowest BCUT2D eigenvalue weighted by molar-refractivity contribution is -0.150. The summed E-state index contributed by atoms with van der Waals surface area (Å²) in [7, 11) is 1.51. The zero-order chi connectivity index (χ0) is 13.3. The first-order chi connectivity index (χ1) is 9.22. The Morgan fingerprint density at radius 3 is 2.68 bits per heavy atom. The molecule has 3 rings (SSSR count). The smallest absolute Gasteiger partial charge is 0.326 e. The van der Waals surface area contributed by atoms with Gasteiger partial charge >= 0.3 is 5.97 Å². The number of carbonyl (C=O) groups is 1. The van der Waals surface area contributed by atoms with E-state index in [-0.39, 0.29) is 5.97 Å². The number of nitrogens with one attached hydrogen (secondary N) is 1. The third-order valence-corrected chi connectivity index (χ3v) is 5.78. The van der Waals surface area contributed by atoms with E-state index in [1.165, 1.54) is 26.4 Å². The van der Waals surface area contributed by atoms with Crippen molar-refractivity contribution >= 4 is 17.7 Å². The number of hydrogen-bond donors (Lipinski definition) is 1. The van der Waals surface area contributed by atoms with E-state index in [4.69, 9.17) is 9.47 Å². The van der Waals surface area contributed by atoms with Gasteiger partial charge in [0, 0.05) is 11.3 Å². The molecule has 3 aliphatic rings. The van der Waals surface area contributed by atoms with Crippen molar-refractivity contribution in [1.82, 2.24) is 5.32 Å². The molecule has 0 aromatic carbocycles. The van der Waals surface area contributed by atoms with Crippen molar-refractivity contribution in [1.29, 1.82) is 0 Å². The highest BCUT2D eigenvalue weighted by Gasteiger charge is 2.47. The summed E-state index contributed by atoms with van der Waals surface area (Å²) in [5, 5.41) is 4.78. The van der Waals surface area contributed by atoms with E-state index >= 15 is 0 Å². The number of esters is 1. The summed E-state index contributed by atoms with van der Waals surface area (Å²) in [5.41, 5.74) is -0.420. The van der Waals surface area contributed by atoms with Crippen LogP contribution in [0.25, 0.3) is 0 Å². The second kappa shape index (κ2) is 5.62. The van der Waals surface area contributed by atoms with Gasteiger partial charge in [0.2, 0.25) is 0 Å². The van der Waals surface area contributed by atoms with Crippen LogP contribution in [0.15, 0.2) is 0 Å². The fourth-order valence-electron chi connectivity index (χ4n) is 3.09. The van der Waals surface area contributed by atoms with Crippen molar-refractivity contribution in [3.63, 3.8) is 0 Å². The average Bonchev–Trinajstić information content (AvgIpc) is 3.17. The van der Waals surface area contributed by atoms with Crippen molar-refractivity contribution in [2.75, 3.05) is 20.3 Å². The summed E-state index contributed by atoms with van der Waals surface area (Å²) in [6.45, 7) is 1.75. The number of methoxy groups -OCH3 is 1. The average molecular weight is 285 g/mol. The SMILES string of the molecule is COC(=O)C1(NC2CC2)CCCC(SC2COC2)C1. The summed E-state index contributed by atoms with van der Waals surface area (Å²) >= 11 is 2.01. The molecule has 108 valence electrons. The molecular formula is C14H23NO3S. The number of carbonyl (C=O) groups excluding carboxylic acids is 1. The molecule has 2 atom stereocenters. The first kappa shape index (κ1) is 13.7. The molecule has 0 aromatic heterocycles. The molecule has 0 aromatic rings. The molecule has 0 radical (unpaired) electrons. The third kappa shape index (κ3) is 3.09. The van der Waals surface area contributed by atoms with Crippen molar-refractivity contribution in [2.45, 2.75) is 60.6 Å². The zero-order valence-corrected chi connectivity index (χ0v) is 12.3. The Bertz CT molecular complexity index is 344. The first-order valence-corrected chi connectivity index (χ1v) is 8.25. The standard InChI is InChI=1S/C14H23NO3S/c1-17-13(16)14(15-10-4-5-10)6-2-3-11(7-14)19-12-8-18-9-12/h10-12,15H,2-9H2,1H3. The minimum Gasteiger partial charge on any atom is -0.468 e. The van der Waals surface area contributed by atoms with Gasteiger partial charge in [-0.25, -0.2) is 0 Å². The van der Waals surface area contributed by atoms with E-state index in [1.54, 1.807) is 0 Å². The van der Waals surface area contributed by atoms with Crippen LogP contribution in [0.1, 0.15) is 38.5 Å². The van der Waals surface area contributed by atoms with Crippen LogP contribution in [0.2, 0.25) is 0 Å². The largest absolute Gasteiger partial charge is 0.468 e. The molecule has 0 bridgehead atoms. The van der Waals surface area contributed by atoms with E-state index in [9.17, 15) is 4.79 Å². The number of thioether (sulfide) groups is 1. The fourth-order valence-corrected chi connectivity index (χ4v) is 4.67. The lowest BCUT2D eigenvalue weighted by atomic mass is 9.81. The molecule has 1 N–H and O–H groups in total.